The van der Waals surface area contributed by atoms with Crippen molar-refractivity contribution in [2.75, 3.05) is 42.8 Å². The molecule has 0 N–H and O–H groups in total. The molecule has 1 rings (SSSR count). The zero-order valence-corrected chi connectivity index (χ0v) is 25.4. The zero-order chi connectivity index (χ0) is 28.8. The first-order valence-electron chi connectivity index (χ1n) is 13.1. The maximum absolute atomic E-state index is 11.5. The van der Waals surface area contributed by atoms with E-state index in [1.54, 1.807) is 25.6 Å². The Bertz CT molecular complexity index is 840. The van der Waals surface area contributed by atoms with Gasteiger partial charge >= 0.3 is 17.9 Å². The van der Waals surface area contributed by atoms with Gasteiger partial charge in [0.25, 0.3) is 0 Å². The van der Waals surface area contributed by atoms with E-state index in [1.807, 2.05) is 24.8 Å². The summed E-state index contributed by atoms with van der Waals surface area (Å²) in [4.78, 5) is 33.8. The predicted molar refractivity (Wildman–Crippen MR) is 161 cm³/mol. The minimum atomic E-state index is -0.368. The van der Waals surface area contributed by atoms with Gasteiger partial charge in [-0.1, -0.05) is 70.7 Å². The molecule has 0 saturated heterocycles. The molecule has 214 valence electrons. The topological polar surface area (TPSA) is 78.9 Å². The van der Waals surface area contributed by atoms with Gasteiger partial charge in [0.15, 0.2) is 0 Å². The van der Waals surface area contributed by atoms with E-state index in [4.69, 9.17) is 14.2 Å². The van der Waals surface area contributed by atoms with Crippen molar-refractivity contribution in [3.63, 3.8) is 0 Å². The largest absolute Gasteiger partial charge is 0.465 e. The molecule has 2 atom stereocenters. The average Bonchev–Trinajstić information content (AvgIpc) is 2.90. The summed E-state index contributed by atoms with van der Waals surface area (Å²) < 4.78 is 15.1. The van der Waals surface area contributed by atoms with E-state index in [1.165, 1.54) is 5.56 Å². The highest BCUT2D eigenvalue weighted by Gasteiger charge is 2.14. The third-order valence-corrected chi connectivity index (χ3v) is 7.58. The highest BCUT2D eigenvalue weighted by atomic mass is 32.2. The molecule has 0 heterocycles. The predicted octanol–water partition coefficient (Wildman–Crippen LogP) is 6.85. The molecule has 0 spiro atoms. The van der Waals surface area contributed by atoms with Gasteiger partial charge in [-0.15, -0.1) is 0 Å². The minimum absolute atomic E-state index is 0.126. The monoisotopic (exact) mass is 566 g/mol. The van der Waals surface area contributed by atoms with E-state index in [0.717, 1.165) is 30.8 Å². The fraction of sp³-hybridized carbons (Fsp3) is 0.567. The van der Waals surface area contributed by atoms with Gasteiger partial charge in [-0.05, 0) is 49.7 Å². The van der Waals surface area contributed by atoms with Crippen LogP contribution < -0.4 is 0 Å². The molecule has 0 fully saturated rings. The van der Waals surface area contributed by atoms with Crippen LogP contribution in [0.3, 0.4) is 0 Å². The number of carbonyl (C=O) groups is 3. The molecule has 8 heteroatoms. The number of hydrogen-bond acceptors (Lipinski definition) is 8. The summed E-state index contributed by atoms with van der Waals surface area (Å²) in [6.45, 7) is 17.8. The maximum Gasteiger partial charge on any atom is 0.333 e. The normalized spacial score (nSPS) is 11.8. The van der Waals surface area contributed by atoms with E-state index in [2.05, 4.69) is 51.3 Å². The van der Waals surface area contributed by atoms with Crippen LogP contribution in [0.4, 0.5) is 0 Å². The Balaban J connectivity index is 0.000000721. The van der Waals surface area contributed by atoms with E-state index in [0.29, 0.717) is 48.4 Å². The number of esters is 3. The lowest BCUT2D eigenvalue weighted by molar-refractivity contribution is -0.147. The van der Waals surface area contributed by atoms with Crippen molar-refractivity contribution in [1.82, 2.24) is 0 Å². The Morgan fingerprint density at radius 2 is 1.34 bits per heavy atom. The van der Waals surface area contributed by atoms with E-state index in [-0.39, 0.29) is 23.8 Å². The highest BCUT2D eigenvalue weighted by molar-refractivity contribution is 7.99. The Hall–Kier alpha value is -2.19. The molecule has 0 aliphatic rings. The number of carbonyl (C=O) groups excluding carboxylic acids is 3. The number of benzene rings is 1. The van der Waals surface area contributed by atoms with Crippen molar-refractivity contribution in [2.24, 2.45) is 5.92 Å². The van der Waals surface area contributed by atoms with Crippen LogP contribution in [0.25, 0.3) is 0 Å². The number of ether oxygens (including phenoxy) is 3. The SMILES string of the molecule is C=C(C)C(=O)OCCCSCC(C)c1ccccc1.C=C(C)C(=O)OCCSCC(C)C(=O)OCCCC. The van der Waals surface area contributed by atoms with Crippen LogP contribution >= 0.6 is 23.5 Å². The molecule has 0 aliphatic carbocycles. The molecule has 0 bridgehead atoms. The summed E-state index contributed by atoms with van der Waals surface area (Å²) >= 11 is 3.48. The first-order chi connectivity index (χ1) is 18.1. The molecule has 1 aromatic rings. The molecule has 0 saturated carbocycles. The van der Waals surface area contributed by atoms with Crippen molar-refractivity contribution in [2.45, 2.75) is 59.8 Å². The van der Waals surface area contributed by atoms with Crippen LogP contribution in [0.15, 0.2) is 54.6 Å². The molecule has 38 heavy (non-hydrogen) atoms. The molecule has 0 radical (unpaired) electrons. The summed E-state index contributed by atoms with van der Waals surface area (Å²) in [6.07, 6.45) is 2.82. The van der Waals surface area contributed by atoms with E-state index >= 15 is 0 Å². The second-order valence-electron chi connectivity index (χ2n) is 9.07. The molecule has 0 amide bonds. The summed E-state index contributed by atoms with van der Waals surface area (Å²) in [5, 5.41) is 0. The molecule has 6 nitrogen and oxygen atoms in total. The molecule has 0 aliphatic heterocycles. The Kier molecular flexibility index (Phi) is 21.5. The van der Waals surface area contributed by atoms with Crippen LogP contribution in [-0.4, -0.2) is 60.7 Å². The fourth-order valence-electron chi connectivity index (χ4n) is 2.69. The fourth-order valence-corrected chi connectivity index (χ4v) is 4.58. The Morgan fingerprint density at radius 3 is 1.92 bits per heavy atom. The van der Waals surface area contributed by atoms with Gasteiger partial charge in [-0.3, -0.25) is 4.79 Å². The molecule has 0 aromatic heterocycles. The van der Waals surface area contributed by atoms with E-state index in [9.17, 15) is 14.4 Å². The number of rotatable bonds is 18. The molecule has 2 unspecified atom stereocenters. The van der Waals surface area contributed by atoms with Crippen molar-refractivity contribution in [1.29, 1.82) is 0 Å². The molecule has 1 aromatic carbocycles. The van der Waals surface area contributed by atoms with Crippen LogP contribution in [0, 0.1) is 5.92 Å². The number of thioether (sulfide) groups is 2. The van der Waals surface area contributed by atoms with Crippen LogP contribution in [-0.2, 0) is 28.6 Å². The summed E-state index contributed by atoms with van der Waals surface area (Å²) in [7, 11) is 0. The van der Waals surface area contributed by atoms with E-state index < -0.39 is 0 Å². The lowest BCUT2D eigenvalue weighted by Crippen LogP contribution is -2.18. The molecular formula is C30H46O6S2. The van der Waals surface area contributed by atoms with Gasteiger partial charge in [-0.25, -0.2) is 9.59 Å². The van der Waals surface area contributed by atoms with Crippen molar-refractivity contribution < 1.29 is 28.6 Å². The van der Waals surface area contributed by atoms with Crippen molar-refractivity contribution in [3.05, 3.63) is 60.2 Å². The third kappa shape index (κ3) is 19.0. The van der Waals surface area contributed by atoms with Gasteiger partial charge < -0.3 is 14.2 Å². The van der Waals surface area contributed by atoms with Crippen molar-refractivity contribution in [3.8, 4) is 0 Å². The second-order valence-corrected chi connectivity index (χ2v) is 11.4. The van der Waals surface area contributed by atoms with Gasteiger partial charge in [0.1, 0.15) is 6.61 Å². The minimum Gasteiger partial charge on any atom is -0.465 e. The smallest absolute Gasteiger partial charge is 0.333 e. The first kappa shape index (κ1) is 35.8. The summed E-state index contributed by atoms with van der Waals surface area (Å²) in [6, 6.07) is 10.5. The lowest BCUT2D eigenvalue weighted by atomic mass is 10.0. The van der Waals surface area contributed by atoms with Gasteiger partial charge in [-0.2, -0.15) is 23.5 Å². The molecular weight excluding hydrogens is 520 g/mol. The van der Waals surface area contributed by atoms with Gasteiger partial charge in [0, 0.05) is 22.7 Å². The standard InChI is InChI=1S/C16H22O2S.C14H24O4S/c1-13(2)16(17)18-10-7-11-19-12-14(3)15-8-5-4-6-9-15;1-5-6-7-17-14(16)12(4)10-19-9-8-18-13(15)11(2)3/h4-6,8-9,14H,1,7,10-12H2,2-3H3;12H,2,5-10H2,1,3-4H3. The average molecular weight is 567 g/mol. The summed E-state index contributed by atoms with van der Waals surface area (Å²) in [5.74, 6) is 3.08. The Labute approximate surface area is 238 Å². The van der Waals surface area contributed by atoms with Gasteiger partial charge in [0.05, 0.1) is 19.1 Å². The summed E-state index contributed by atoms with van der Waals surface area (Å²) in [5.41, 5.74) is 2.24. The lowest BCUT2D eigenvalue weighted by Gasteiger charge is -2.11. The third-order valence-electron chi connectivity index (χ3n) is 5.07. The highest BCUT2D eigenvalue weighted by Crippen LogP contribution is 2.20. The maximum atomic E-state index is 11.5. The van der Waals surface area contributed by atoms with Crippen LogP contribution in [0.2, 0.25) is 0 Å². The second kappa shape index (κ2) is 22.8. The van der Waals surface area contributed by atoms with Crippen LogP contribution in [0.1, 0.15) is 65.4 Å². The van der Waals surface area contributed by atoms with Crippen molar-refractivity contribution >= 4 is 41.4 Å². The number of unbranched alkanes of at least 4 members (excludes halogenated alkanes) is 1. The Morgan fingerprint density at radius 1 is 0.789 bits per heavy atom. The van der Waals surface area contributed by atoms with Gasteiger partial charge in [0.2, 0.25) is 0 Å². The zero-order valence-electron chi connectivity index (χ0n) is 23.8. The first-order valence-corrected chi connectivity index (χ1v) is 15.4. The number of hydrogen-bond donors (Lipinski definition) is 0. The quantitative estimate of drug-likeness (QED) is 0.0826. The van der Waals surface area contributed by atoms with Crippen LogP contribution in [0.5, 0.6) is 0 Å².